The van der Waals surface area contributed by atoms with E-state index in [4.69, 9.17) is 5.11 Å². The molecule has 0 aromatic heterocycles. The van der Waals surface area contributed by atoms with Crippen molar-refractivity contribution in [1.82, 2.24) is 9.80 Å². The van der Waals surface area contributed by atoms with Crippen molar-refractivity contribution in [3.8, 4) is 0 Å². The highest BCUT2D eigenvalue weighted by Gasteiger charge is 2.25. The number of aliphatic hydroxyl groups is 1. The molecule has 1 aliphatic heterocycles. The maximum atomic E-state index is 9.17. The largest absolute Gasteiger partial charge is 0.395 e. The Hall–Kier alpha value is -0.120. The Morgan fingerprint density at radius 2 is 2.15 bits per heavy atom. The van der Waals surface area contributed by atoms with Gasteiger partial charge in [0.25, 0.3) is 0 Å². The molecule has 0 aromatic carbocycles. The fourth-order valence-electron chi connectivity index (χ4n) is 1.83. The van der Waals surface area contributed by atoms with Crippen LogP contribution < -0.4 is 0 Å². The van der Waals surface area contributed by atoms with E-state index in [1.807, 2.05) is 0 Å². The zero-order valence-electron chi connectivity index (χ0n) is 9.03. The van der Waals surface area contributed by atoms with Gasteiger partial charge in [0.15, 0.2) is 0 Å². The highest BCUT2D eigenvalue weighted by atomic mass is 16.3. The quantitative estimate of drug-likeness (QED) is 0.691. The molecule has 1 rings (SSSR count). The van der Waals surface area contributed by atoms with Gasteiger partial charge in [0, 0.05) is 31.7 Å². The summed E-state index contributed by atoms with van der Waals surface area (Å²) < 4.78 is 0. The van der Waals surface area contributed by atoms with Crippen molar-refractivity contribution in [3.63, 3.8) is 0 Å². The molecule has 0 spiro atoms. The monoisotopic (exact) mass is 186 g/mol. The third-order valence-electron chi connectivity index (χ3n) is 3.23. The number of nitrogens with zero attached hydrogens (tertiary/aromatic N) is 2. The molecule has 2 atom stereocenters. The van der Waals surface area contributed by atoms with E-state index < -0.39 is 0 Å². The zero-order valence-corrected chi connectivity index (χ0v) is 9.03. The number of hydrogen-bond donors (Lipinski definition) is 1. The van der Waals surface area contributed by atoms with Crippen molar-refractivity contribution in [2.75, 3.05) is 33.3 Å². The van der Waals surface area contributed by atoms with Crippen molar-refractivity contribution in [3.05, 3.63) is 0 Å². The predicted octanol–water partition coefficient (Wildman–Crippen LogP) is 0.393. The Kier molecular flexibility index (Phi) is 4.16. The fraction of sp³-hybridized carbons (Fsp3) is 1.00. The summed E-state index contributed by atoms with van der Waals surface area (Å²) >= 11 is 0. The molecule has 78 valence electrons. The van der Waals surface area contributed by atoms with Gasteiger partial charge in [-0.2, -0.15) is 0 Å². The first-order chi connectivity index (χ1) is 6.19. The summed E-state index contributed by atoms with van der Waals surface area (Å²) in [6.07, 6.45) is 1.20. The summed E-state index contributed by atoms with van der Waals surface area (Å²) in [5.74, 6) is 0. The molecule has 0 radical (unpaired) electrons. The van der Waals surface area contributed by atoms with Gasteiger partial charge in [-0.15, -0.1) is 0 Å². The Balaban J connectivity index is 2.44. The zero-order chi connectivity index (χ0) is 9.84. The third-order valence-corrected chi connectivity index (χ3v) is 3.23. The minimum atomic E-state index is 0.281. The molecule has 13 heavy (non-hydrogen) atoms. The van der Waals surface area contributed by atoms with Crippen molar-refractivity contribution < 1.29 is 5.11 Å². The predicted molar refractivity (Wildman–Crippen MR) is 54.8 cm³/mol. The van der Waals surface area contributed by atoms with Crippen LogP contribution in [0.4, 0.5) is 0 Å². The third kappa shape index (κ3) is 2.66. The van der Waals surface area contributed by atoms with E-state index in [0.717, 1.165) is 19.6 Å². The number of hydrogen-bond acceptors (Lipinski definition) is 3. The van der Waals surface area contributed by atoms with Gasteiger partial charge in [0.1, 0.15) is 0 Å². The molecule has 1 N–H and O–H groups in total. The molecule has 1 fully saturated rings. The average molecular weight is 186 g/mol. The number of rotatable bonds is 3. The van der Waals surface area contributed by atoms with Crippen LogP contribution in [0.3, 0.4) is 0 Å². The van der Waals surface area contributed by atoms with Crippen LogP contribution in [0.2, 0.25) is 0 Å². The summed E-state index contributed by atoms with van der Waals surface area (Å²) in [4.78, 5) is 4.72. The summed E-state index contributed by atoms with van der Waals surface area (Å²) in [6.45, 7) is 8.00. The lowest BCUT2D eigenvalue weighted by atomic mass is 10.1. The maximum absolute atomic E-state index is 9.17. The number of likely N-dealkylation sites (N-methyl/N-ethyl adjacent to an activating group) is 1. The van der Waals surface area contributed by atoms with Crippen LogP contribution >= 0.6 is 0 Å². The molecule has 2 unspecified atom stereocenters. The molecule has 0 aromatic rings. The van der Waals surface area contributed by atoms with Crippen LogP contribution in [0.1, 0.15) is 20.3 Å². The molecule has 3 heteroatoms. The first kappa shape index (κ1) is 11.0. The minimum absolute atomic E-state index is 0.281. The van der Waals surface area contributed by atoms with E-state index in [1.165, 1.54) is 6.42 Å². The molecule has 0 amide bonds. The standard InChI is InChI=1S/C10H22N2O/c1-4-9(2)12-6-5-11(3)10(7-12)8-13/h9-10,13H,4-8H2,1-3H3. The fourth-order valence-corrected chi connectivity index (χ4v) is 1.83. The van der Waals surface area contributed by atoms with Crippen molar-refractivity contribution >= 4 is 0 Å². The van der Waals surface area contributed by atoms with Gasteiger partial charge in [-0.25, -0.2) is 0 Å². The molecule has 0 bridgehead atoms. The molecule has 0 aliphatic carbocycles. The molecular formula is C10H22N2O. The van der Waals surface area contributed by atoms with Crippen LogP contribution in [0, 0.1) is 0 Å². The molecule has 1 heterocycles. The van der Waals surface area contributed by atoms with E-state index in [9.17, 15) is 0 Å². The van der Waals surface area contributed by atoms with Crippen molar-refractivity contribution in [2.45, 2.75) is 32.4 Å². The van der Waals surface area contributed by atoms with Crippen LogP contribution in [-0.4, -0.2) is 60.3 Å². The Bertz CT molecular complexity index is 152. The van der Waals surface area contributed by atoms with Crippen molar-refractivity contribution in [1.29, 1.82) is 0 Å². The molecule has 1 aliphatic rings. The van der Waals surface area contributed by atoms with Crippen LogP contribution in [0.5, 0.6) is 0 Å². The lowest BCUT2D eigenvalue weighted by Crippen LogP contribution is -2.55. The second-order valence-electron chi connectivity index (χ2n) is 4.07. The highest BCUT2D eigenvalue weighted by Crippen LogP contribution is 2.11. The summed E-state index contributed by atoms with van der Waals surface area (Å²) in [5.41, 5.74) is 0. The van der Waals surface area contributed by atoms with Crippen LogP contribution in [0.25, 0.3) is 0 Å². The van der Waals surface area contributed by atoms with Gasteiger partial charge in [-0.1, -0.05) is 6.92 Å². The topological polar surface area (TPSA) is 26.7 Å². The van der Waals surface area contributed by atoms with Gasteiger partial charge >= 0.3 is 0 Å². The minimum Gasteiger partial charge on any atom is -0.395 e. The van der Waals surface area contributed by atoms with Gasteiger partial charge in [0.2, 0.25) is 0 Å². The molecule has 3 nitrogen and oxygen atoms in total. The van der Waals surface area contributed by atoms with E-state index in [0.29, 0.717) is 12.1 Å². The normalized spacial score (nSPS) is 29.1. The first-order valence-corrected chi connectivity index (χ1v) is 5.24. The van der Waals surface area contributed by atoms with E-state index in [1.54, 1.807) is 0 Å². The lowest BCUT2D eigenvalue weighted by molar-refractivity contribution is 0.0385. The van der Waals surface area contributed by atoms with Crippen LogP contribution in [-0.2, 0) is 0 Å². The average Bonchev–Trinajstić information content (AvgIpc) is 2.17. The number of piperazine rings is 1. The van der Waals surface area contributed by atoms with Crippen LogP contribution in [0.15, 0.2) is 0 Å². The molecule has 1 saturated heterocycles. The highest BCUT2D eigenvalue weighted by molar-refractivity contribution is 4.81. The summed E-state index contributed by atoms with van der Waals surface area (Å²) in [6, 6.07) is 0.991. The van der Waals surface area contributed by atoms with Crippen molar-refractivity contribution in [2.24, 2.45) is 0 Å². The second-order valence-corrected chi connectivity index (χ2v) is 4.07. The summed E-state index contributed by atoms with van der Waals surface area (Å²) in [7, 11) is 2.09. The Labute approximate surface area is 81.3 Å². The van der Waals surface area contributed by atoms with Gasteiger partial charge in [0.05, 0.1) is 6.61 Å². The van der Waals surface area contributed by atoms with Gasteiger partial charge in [-0.05, 0) is 20.4 Å². The second kappa shape index (κ2) is 4.94. The maximum Gasteiger partial charge on any atom is 0.0599 e. The first-order valence-electron chi connectivity index (χ1n) is 5.24. The van der Waals surface area contributed by atoms with E-state index >= 15 is 0 Å². The number of aliphatic hydroxyl groups excluding tert-OH is 1. The SMILES string of the molecule is CCC(C)N1CCN(C)C(CO)C1. The Morgan fingerprint density at radius 3 is 2.69 bits per heavy atom. The summed E-state index contributed by atoms with van der Waals surface area (Å²) in [5, 5.41) is 9.17. The molecular weight excluding hydrogens is 164 g/mol. The smallest absolute Gasteiger partial charge is 0.0599 e. The van der Waals surface area contributed by atoms with Gasteiger partial charge < -0.3 is 5.11 Å². The van der Waals surface area contributed by atoms with E-state index in [2.05, 4.69) is 30.7 Å². The van der Waals surface area contributed by atoms with E-state index in [-0.39, 0.29) is 6.61 Å². The Morgan fingerprint density at radius 1 is 1.46 bits per heavy atom. The lowest BCUT2D eigenvalue weighted by Gasteiger charge is -2.41. The van der Waals surface area contributed by atoms with Gasteiger partial charge in [-0.3, -0.25) is 9.80 Å². The molecule has 0 saturated carbocycles.